The molecule has 0 amide bonds. The molecule has 1 aromatic carbocycles. The topological polar surface area (TPSA) is 42.9 Å². The summed E-state index contributed by atoms with van der Waals surface area (Å²) < 4.78 is 0. The first-order valence-corrected chi connectivity index (χ1v) is 10.0. The molecule has 1 unspecified atom stereocenters. The van der Waals surface area contributed by atoms with Gasteiger partial charge in [-0.25, -0.2) is 0 Å². The molecule has 1 aliphatic heterocycles. The Kier molecular flexibility index (Phi) is 11.3. The van der Waals surface area contributed by atoms with Crippen LogP contribution in [-0.4, -0.2) is 61.6 Å². The van der Waals surface area contributed by atoms with Crippen LogP contribution in [0.1, 0.15) is 44.7 Å². The molecular formula is C21H38IN5. The summed E-state index contributed by atoms with van der Waals surface area (Å²) in [6.07, 6.45) is 2.59. The third-order valence-corrected chi connectivity index (χ3v) is 5.50. The van der Waals surface area contributed by atoms with E-state index in [4.69, 9.17) is 0 Å². The first kappa shape index (κ1) is 24.2. The summed E-state index contributed by atoms with van der Waals surface area (Å²) in [5.74, 6) is 0.889. The van der Waals surface area contributed by atoms with Gasteiger partial charge in [0, 0.05) is 38.8 Å². The number of benzene rings is 1. The highest BCUT2D eigenvalue weighted by atomic mass is 127. The second-order valence-electron chi connectivity index (χ2n) is 7.51. The van der Waals surface area contributed by atoms with Crippen molar-refractivity contribution in [1.82, 2.24) is 20.4 Å². The number of rotatable bonds is 8. The lowest BCUT2D eigenvalue weighted by atomic mass is 10.1. The fraction of sp³-hybridized carbons (Fsp3) is 0.667. The summed E-state index contributed by atoms with van der Waals surface area (Å²) in [5, 5.41) is 7.00. The average Bonchev–Trinajstić information content (AvgIpc) is 3.10. The molecule has 0 aliphatic carbocycles. The first-order chi connectivity index (χ1) is 12.5. The zero-order chi connectivity index (χ0) is 18.9. The molecule has 27 heavy (non-hydrogen) atoms. The van der Waals surface area contributed by atoms with Gasteiger partial charge in [0.1, 0.15) is 0 Å². The summed E-state index contributed by atoms with van der Waals surface area (Å²) in [5.41, 5.74) is 2.71. The van der Waals surface area contributed by atoms with E-state index in [0.717, 1.165) is 32.1 Å². The number of hydrogen-bond donors (Lipinski definition) is 2. The summed E-state index contributed by atoms with van der Waals surface area (Å²) >= 11 is 0. The number of guanidine groups is 1. The van der Waals surface area contributed by atoms with Crippen molar-refractivity contribution in [2.75, 3.05) is 33.7 Å². The van der Waals surface area contributed by atoms with Gasteiger partial charge in [-0.1, -0.05) is 31.2 Å². The fourth-order valence-electron chi connectivity index (χ4n) is 3.49. The van der Waals surface area contributed by atoms with E-state index in [1.807, 2.05) is 7.05 Å². The Morgan fingerprint density at radius 1 is 1.26 bits per heavy atom. The predicted octanol–water partition coefficient (Wildman–Crippen LogP) is 3.29. The summed E-state index contributed by atoms with van der Waals surface area (Å²) in [7, 11) is 4.02. The lowest BCUT2D eigenvalue weighted by Gasteiger charge is -2.24. The lowest BCUT2D eigenvalue weighted by molar-refractivity contribution is 0.265. The molecule has 154 valence electrons. The van der Waals surface area contributed by atoms with Gasteiger partial charge in [0.2, 0.25) is 0 Å². The van der Waals surface area contributed by atoms with Crippen molar-refractivity contribution in [3.8, 4) is 0 Å². The number of nitrogens with zero attached hydrogens (tertiary/aromatic N) is 3. The maximum atomic E-state index is 4.40. The van der Waals surface area contributed by atoms with E-state index in [2.05, 4.69) is 77.5 Å². The third-order valence-electron chi connectivity index (χ3n) is 5.50. The van der Waals surface area contributed by atoms with Gasteiger partial charge in [-0.3, -0.25) is 14.8 Å². The Morgan fingerprint density at radius 3 is 2.59 bits per heavy atom. The second kappa shape index (κ2) is 12.6. The highest BCUT2D eigenvalue weighted by molar-refractivity contribution is 14.0. The third kappa shape index (κ3) is 7.58. The largest absolute Gasteiger partial charge is 0.355 e. The van der Waals surface area contributed by atoms with E-state index in [-0.39, 0.29) is 24.0 Å². The lowest BCUT2D eigenvalue weighted by Crippen LogP contribution is -2.44. The number of likely N-dealkylation sites (N-methyl/N-ethyl adjacent to an activating group) is 1. The van der Waals surface area contributed by atoms with Gasteiger partial charge in [0.05, 0.1) is 0 Å². The highest BCUT2D eigenvalue weighted by Gasteiger charge is 2.22. The molecule has 2 rings (SSSR count). The normalized spacial score (nSPS) is 18.0. The van der Waals surface area contributed by atoms with Crippen LogP contribution in [0.15, 0.2) is 29.3 Å². The maximum Gasteiger partial charge on any atom is 0.191 e. The van der Waals surface area contributed by atoms with E-state index in [1.165, 1.54) is 30.5 Å². The minimum absolute atomic E-state index is 0. The molecule has 6 heteroatoms. The molecule has 1 aliphatic rings. The number of aliphatic imine (C=N–C) groups is 1. The molecular weight excluding hydrogens is 449 g/mol. The number of hydrogen-bond acceptors (Lipinski definition) is 3. The van der Waals surface area contributed by atoms with Crippen LogP contribution >= 0.6 is 24.0 Å². The Balaban J connectivity index is 0.00000364. The SMILES string of the molecule is CCN1CCCC1CNC(=NC)NCc1ccccc1CN(C)C(C)C.I. The maximum absolute atomic E-state index is 4.40. The van der Waals surface area contributed by atoms with E-state index < -0.39 is 0 Å². The molecule has 1 saturated heterocycles. The molecule has 0 bridgehead atoms. The number of likely N-dealkylation sites (tertiary alicyclic amines) is 1. The summed E-state index contributed by atoms with van der Waals surface area (Å²) in [4.78, 5) is 9.32. The van der Waals surface area contributed by atoms with Crippen molar-refractivity contribution in [2.45, 2.75) is 58.8 Å². The average molecular weight is 487 g/mol. The van der Waals surface area contributed by atoms with Gasteiger partial charge in [-0.05, 0) is 58.0 Å². The first-order valence-electron chi connectivity index (χ1n) is 10.0. The van der Waals surface area contributed by atoms with E-state index in [0.29, 0.717) is 12.1 Å². The van der Waals surface area contributed by atoms with Crippen molar-refractivity contribution in [2.24, 2.45) is 4.99 Å². The van der Waals surface area contributed by atoms with Crippen LogP contribution in [0, 0.1) is 0 Å². The van der Waals surface area contributed by atoms with Crippen molar-refractivity contribution in [1.29, 1.82) is 0 Å². The molecule has 2 N–H and O–H groups in total. The van der Waals surface area contributed by atoms with Crippen LogP contribution in [0.5, 0.6) is 0 Å². The molecule has 0 saturated carbocycles. The van der Waals surface area contributed by atoms with Crippen LogP contribution < -0.4 is 10.6 Å². The zero-order valence-electron chi connectivity index (χ0n) is 17.7. The molecule has 1 fully saturated rings. The van der Waals surface area contributed by atoms with Crippen molar-refractivity contribution in [3.05, 3.63) is 35.4 Å². The molecule has 1 aromatic rings. The van der Waals surface area contributed by atoms with Gasteiger partial charge in [0.15, 0.2) is 5.96 Å². The number of nitrogens with one attached hydrogen (secondary N) is 2. The van der Waals surface area contributed by atoms with Gasteiger partial charge in [-0.2, -0.15) is 0 Å². The highest BCUT2D eigenvalue weighted by Crippen LogP contribution is 2.15. The van der Waals surface area contributed by atoms with Gasteiger partial charge in [0.25, 0.3) is 0 Å². The summed E-state index contributed by atoms with van der Waals surface area (Å²) in [6.45, 7) is 11.8. The minimum atomic E-state index is 0. The second-order valence-corrected chi connectivity index (χ2v) is 7.51. The van der Waals surface area contributed by atoms with Crippen LogP contribution in [0.4, 0.5) is 0 Å². The standard InChI is InChI=1S/C21H37N5.HI/c1-6-26-13-9-12-20(26)15-24-21(22-4)23-14-18-10-7-8-11-19(18)16-25(5)17(2)3;/h7-8,10-11,17,20H,6,9,12-16H2,1-5H3,(H2,22,23,24);1H. The van der Waals surface area contributed by atoms with Crippen LogP contribution in [0.3, 0.4) is 0 Å². The van der Waals surface area contributed by atoms with Crippen molar-refractivity contribution < 1.29 is 0 Å². The van der Waals surface area contributed by atoms with Crippen LogP contribution in [0.25, 0.3) is 0 Å². The van der Waals surface area contributed by atoms with Gasteiger partial charge in [-0.15, -0.1) is 24.0 Å². The van der Waals surface area contributed by atoms with E-state index in [1.54, 1.807) is 0 Å². The van der Waals surface area contributed by atoms with Crippen molar-refractivity contribution >= 4 is 29.9 Å². The Labute approximate surface area is 183 Å². The monoisotopic (exact) mass is 487 g/mol. The van der Waals surface area contributed by atoms with Gasteiger partial charge >= 0.3 is 0 Å². The number of halogens is 1. The van der Waals surface area contributed by atoms with Crippen molar-refractivity contribution in [3.63, 3.8) is 0 Å². The molecule has 1 atom stereocenters. The van der Waals surface area contributed by atoms with Crippen LogP contribution in [0.2, 0.25) is 0 Å². The Bertz CT molecular complexity index is 575. The van der Waals surface area contributed by atoms with E-state index >= 15 is 0 Å². The molecule has 0 aromatic heterocycles. The van der Waals surface area contributed by atoms with Gasteiger partial charge < -0.3 is 10.6 Å². The van der Waals surface area contributed by atoms with E-state index in [9.17, 15) is 0 Å². The smallest absolute Gasteiger partial charge is 0.191 e. The molecule has 1 heterocycles. The predicted molar refractivity (Wildman–Crippen MR) is 127 cm³/mol. The molecule has 0 radical (unpaired) electrons. The Hall–Kier alpha value is -0.860. The fourth-order valence-corrected chi connectivity index (χ4v) is 3.49. The molecule has 5 nitrogen and oxygen atoms in total. The minimum Gasteiger partial charge on any atom is -0.355 e. The zero-order valence-corrected chi connectivity index (χ0v) is 20.0. The Morgan fingerprint density at radius 2 is 1.96 bits per heavy atom. The summed E-state index contributed by atoms with van der Waals surface area (Å²) in [6, 6.07) is 9.84. The van der Waals surface area contributed by atoms with Crippen LogP contribution in [-0.2, 0) is 13.1 Å². The molecule has 0 spiro atoms. The quantitative estimate of drug-likeness (QED) is 0.336.